The molecule has 112 valence electrons. The minimum atomic E-state index is -0.238. The molecule has 1 aromatic rings. The van der Waals surface area contributed by atoms with Crippen LogP contribution in [0.4, 0.5) is 4.39 Å². The molecule has 0 spiro atoms. The second-order valence-electron chi connectivity index (χ2n) is 5.78. The summed E-state index contributed by atoms with van der Waals surface area (Å²) in [6, 6.07) is 6.61. The van der Waals surface area contributed by atoms with Crippen LogP contribution in [0.2, 0.25) is 0 Å². The number of methoxy groups -OCH3 is 1. The van der Waals surface area contributed by atoms with Crippen molar-refractivity contribution in [2.24, 2.45) is 5.73 Å². The molecule has 0 bridgehead atoms. The van der Waals surface area contributed by atoms with Crippen molar-refractivity contribution in [1.82, 2.24) is 0 Å². The molecule has 2 rings (SSSR count). The molecular formula is C16H24FNO2. The molecule has 0 aromatic heterocycles. The third-order valence-corrected chi connectivity index (χ3v) is 4.61. The lowest BCUT2D eigenvalue weighted by molar-refractivity contribution is 0.0782. The third-order valence-electron chi connectivity index (χ3n) is 4.61. The van der Waals surface area contributed by atoms with Crippen LogP contribution >= 0.6 is 0 Å². The van der Waals surface area contributed by atoms with Gasteiger partial charge in [-0.3, -0.25) is 0 Å². The maximum Gasteiger partial charge on any atom is 0.123 e. The van der Waals surface area contributed by atoms with E-state index in [0.717, 1.165) is 37.7 Å². The van der Waals surface area contributed by atoms with E-state index in [4.69, 9.17) is 10.5 Å². The molecule has 1 atom stereocenters. The van der Waals surface area contributed by atoms with E-state index in [1.54, 1.807) is 7.11 Å². The minimum absolute atomic E-state index is 0.0413. The number of aliphatic hydroxyl groups is 1. The van der Waals surface area contributed by atoms with Gasteiger partial charge in [0.05, 0.1) is 6.10 Å². The molecule has 0 aliphatic heterocycles. The van der Waals surface area contributed by atoms with E-state index in [1.165, 1.54) is 12.1 Å². The fourth-order valence-electron chi connectivity index (χ4n) is 3.29. The molecule has 1 fully saturated rings. The Morgan fingerprint density at radius 1 is 1.35 bits per heavy atom. The Kier molecular flexibility index (Phi) is 5.13. The summed E-state index contributed by atoms with van der Waals surface area (Å²) in [6.45, 7) is 0.618. The second-order valence-corrected chi connectivity index (χ2v) is 5.78. The summed E-state index contributed by atoms with van der Waals surface area (Å²) in [7, 11) is 1.67. The van der Waals surface area contributed by atoms with Gasteiger partial charge in [0.1, 0.15) is 5.82 Å². The number of aliphatic hydroxyl groups excluding tert-OH is 1. The largest absolute Gasteiger partial charge is 0.393 e. The number of nitrogens with two attached hydrogens (primary N) is 1. The molecule has 0 unspecified atom stereocenters. The van der Waals surface area contributed by atoms with Crippen LogP contribution in [0.1, 0.15) is 37.7 Å². The summed E-state index contributed by atoms with van der Waals surface area (Å²) in [4.78, 5) is 0. The van der Waals surface area contributed by atoms with Crippen molar-refractivity contribution in [2.75, 3.05) is 13.7 Å². The predicted octanol–water partition coefficient (Wildman–Crippen LogP) is 2.36. The number of halogens is 1. The normalized spacial score (nSPS) is 28.3. The first-order valence-electron chi connectivity index (χ1n) is 7.27. The quantitative estimate of drug-likeness (QED) is 0.871. The van der Waals surface area contributed by atoms with Crippen LogP contribution in [-0.2, 0) is 10.2 Å². The highest BCUT2D eigenvalue weighted by molar-refractivity contribution is 5.29. The Bertz CT molecular complexity index is 413. The van der Waals surface area contributed by atoms with Crippen LogP contribution in [0.3, 0.4) is 0 Å². The van der Waals surface area contributed by atoms with Gasteiger partial charge in [-0.1, -0.05) is 12.1 Å². The summed E-state index contributed by atoms with van der Waals surface area (Å²) >= 11 is 0. The fourth-order valence-corrected chi connectivity index (χ4v) is 3.29. The molecule has 1 aliphatic rings. The third kappa shape index (κ3) is 3.19. The van der Waals surface area contributed by atoms with Gasteiger partial charge < -0.3 is 15.6 Å². The fraction of sp³-hybridized carbons (Fsp3) is 0.625. The maximum atomic E-state index is 13.2. The highest BCUT2D eigenvalue weighted by Gasteiger charge is 2.41. The van der Waals surface area contributed by atoms with Crippen molar-refractivity contribution in [3.8, 4) is 0 Å². The van der Waals surface area contributed by atoms with Gasteiger partial charge in [0.2, 0.25) is 0 Å². The topological polar surface area (TPSA) is 55.5 Å². The van der Waals surface area contributed by atoms with E-state index >= 15 is 0 Å². The van der Waals surface area contributed by atoms with Gasteiger partial charge in [-0.05, 0) is 49.8 Å². The van der Waals surface area contributed by atoms with E-state index in [-0.39, 0.29) is 23.4 Å². The summed E-state index contributed by atoms with van der Waals surface area (Å²) in [5.41, 5.74) is 7.33. The van der Waals surface area contributed by atoms with Crippen LogP contribution < -0.4 is 5.73 Å². The smallest absolute Gasteiger partial charge is 0.123 e. The van der Waals surface area contributed by atoms with Crippen molar-refractivity contribution in [1.29, 1.82) is 0 Å². The standard InChI is InChI=1S/C16H24FNO2/c1-20-11-8-15(18)16(9-6-14(19)7-10-16)12-2-4-13(17)5-3-12/h2-5,14-15,19H,6-11,18H2,1H3/t14?,15-,16?/m0/s1. The van der Waals surface area contributed by atoms with E-state index in [0.29, 0.717) is 6.61 Å². The van der Waals surface area contributed by atoms with Gasteiger partial charge in [0, 0.05) is 25.2 Å². The molecule has 0 amide bonds. The highest BCUT2D eigenvalue weighted by atomic mass is 19.1. The number of hydrogen-bond acceptors (Lipinski definition) is 3. The van der Waals surface area contributed by atoms with E-state index in [9.17, 15) is 9.50 Å². The van der Waals surface area contributed by atoms with Gasteiger partial charge in [-0.2, -0.15) is 0 Å². The molecule has 1 aliphatic carbocycles. The number of ether oxygens (including phenoxy) is 1. The molecule has 20 heavy (non-hydrogen) atoms. The maximum absolute atomic E-state index is 13.2. The first-order valence-corrected chi connectivity index (χ1v) is 7.27. The lowest BCUT2D eigenvalue weighted by atomic mass is 9.64. The SMILES string of the molecule is COCC[C@H](N)C1(c2ccc(F)cc2)CCC(O)CC1. The second kappa shape index (κ2) is 6.66. The molecular weight excluding hydrogens is 257 g/mol. The molecule has 4 heteroatoms. The lowest BCUT2D eigenvalue weighted by Crippen LogP contribution is -2.49. The first kappa shape index (κ1) is 15.4. The Morgan fingerprint density at radius 3 is 2.50 bits per heavy atom. The van der Waals surface area contributed by atoms with Gasteiger partial charge in [-0.25, -0.2) is 4.39 Å². The Hall–Kier alpha value is -0.970. The average Bonchev–Trinajstić information content (AvgIpc) is 2.47. The molecule has 3 nitrogen and oxygen atoms in total. The van der Waals surface area contributed by atoms with Crippen molar-refractivity contribution >= 4 is 0 Å². The monoisotopic (exact) mass is 281 g/mol. The zero-order valence-corrected chi connectivity index (χ0v) is 12.0. The van der Waals surface area contributed by atoms with Gasteiger partial charge in [-0.15, -0.1) is 0 Å². The predicted molar refractivity (Wildman–Crippen MR) is 77.0 cm³/mol. The average molecular weight is 281 g/mol. The summed E-state index contributed by atoms with van der Waals surface area (Å²) in [5.74, 6) is -0.231. The molecule has 0 heterocycles. The van der Waals surface area contributed by atoms with E-state index < -0.39 is 0 Å². The van der Waals surface area contributed by atoms with Crippen LogP contribution in [0.5, 0.6) is 0 Å². The summed E-state index contributed by atoms with van der Waals surface area (Å²) in [6.07, 6.45) is 3.70. The van der Waals surface area contributed by atoms with Crippen molar-refractivity contribution in [3.63, 3.8) is 0 Å². The van der Waals surface area contributed by atoms with Crippen molar-refractivity contribution in [2.45, 2.75) is 49.7 Å². The van der Waals surface area contributed by atoms with Gasteiger partial charge in [0.25, 0.3) is 0 Å². The van der Waals surface area contributed by atoms with Gasteiger partial charge >= 0.3 is 0 Å². The highest BCUT2D eigenvalue weighted by Crippen LogP contribution is 2.42. The molecule has 1 saturated carbocycles. The Morgan fingerprint density at radius 2 is 1.95 bits per heavy atom. The van der Waals surface area contributed by atoms with E-state index in [2.05, 4.69) is 0 Å². The first-order chi connectivity index (χ1) is 9.58. The Balaban J connectivity index is 2.26. The summed E-state index contributed by atoms with van der Waals surface area (Å²) in [5, 5.41) is 9.76. The van der Waals surface area contributed by atoms with Gasteiger partial charge in [0.15, 0.2) is 0 Å². The Labute approximate surface area is 119 Å². The summed E-state index contributed by atoms with van der Waals surface area (Å²) < 4.78 is 18.3. The van der Waals surface area contributed by atoms with Crippen LogP contribution in [0.15, 0.2) is 24.3 Å². The number of hydrogen-bond donors (Lipinski definition) is 2. The number of benzene rings is 1. The lowest BCUT2D eigenvalue weighted by Gasteiger charge is -2.44. The molecule has 3 N–H and O–H groups in total. The molecule has 0 saturated heterocycles. The minimum Gasteiger partial charge on any atom is -0.393 e. The van der Waals surface area contributed by atoms with E-state index in [1.807, 2.05) is 12.1 Å². The zero-order chi connectivity index (χ0) is 14.6. The molecule has 0 radical (unpaired) electrons. The van der Waals surface area contributed by atoms with Crippen LogP contribution in [-0.4, -0.2) is 31.0 Å². The number of rotatable bonds is 5. The van der Waals surface area contributed by atoms with Crippen molar-refractivity contribution < 1.29 is 14.2 Å². The van der Waals surface area contributed by atoms with Crippen molar-refractivity contribution in [3.05, 3.63) is 35.6 Å². The molecule has 1 aromatic carbocycles. The van der Waals surface area contributed by atoms with Crippen LogP contribution in [0.25, 0.3) is 0 Å². The van der Waals surface area contributed by atoms with Crippen LogP contribution in [0, 0.1) is 5.82 Å². The zero-order valence-electron chi connectivity index (χ0n) is 12.0.